The molecule has 1 fully saturated rings. The minimum Gasteiger partial charge on any atom is -0.315 e. The minimum absolute atomic E-state index is 0.208. The van der Waals surface area contributed by atoms with Crippen LogP contribution in [0.4, 0.5) is 0 Å². The van der Waals surface area contributed by atoms with Crippen molar-refractivity contribution in [1.29, 1.82) is 5.26 Å². The van der Waals surface area contributed by atoms with Gasteiger partial charge in [-0.3, -0.25) is 4.90 Å². The quantitative estimate of drug-likeness (QED) is 0.766. The lowest BCUT2D eigenvalue weighted by Crippen LogP contribution is -2.48. The van der Waals surface area contributed by atoms with Gasteiger partial charge in [-0.1, -0.05) is 20.3 Å². The molecule has 0 saturated carbocycles. The third-order valence-corrected chi connectivity index (χ3v) is 3.40. The molecule has 1 N–H and O–H groups in total. The SMILES string of the molecule is CCCC(C#N)(CC)N1CCCNCC1. The van der Waals surface area contributed by atoms with Gasteiger partial charge in [0, 0.05) is 19.6 Å². The Labute approximate surface area is 93.5 Å². The van der Waals surface area contributed by atoms with E-state index in [4.69, 9.17) is 0 Å². The summed E-state index contributed by atoms with van der Waals surface area (Å²) in [7, 11) is 0. The van der Waals surface area contributed by atoms with Crippen LogP contribution in [0, 0.1) is 11.3 Å². The molecule has 1 aliphatic rings. The number of rotatable bonds is 4. The highest BCUT2D eigenvalue weighted by Gasteiger charge is 2.34. The van der Waals surface area contributed by atoms with Crippen LogP contribution in [0.3, 0.4) is 0 Å². The van der Waals surface area contributed by atoms with Gasteiger partial charge in [0.25, 0.3) is 0 Å². The van der Waals surface area contributed by atoms with Gasteiger partial charge in [0.05, 0.1) is 6.07 Å². The van der Waals surface area contributed by atoms with Crippen LogP contribution in [-0.2, 0) is 0 Å². The molecule has 0 bridgehead atoms. The zero-order chi connectivity index (χ0) is 11.1. The van der Waals surface area contributed by atoms with Crippen molar-refractivity contribution in [2.75, 3.05) is 26.2 Å². The fourth-order valence-electron chi connectivity index (χ4n) is 2.45. The van der Waals surface area contributed by atoms with Crippen LogP contribution >= 0.6 is 0 Å². The summed E-state index contributed by atoms with van der Waals surface area (Å²) in [5.41, 5.74) is -0.208. The number of nitrogens with zero attached hydrogens (tertiary/aromatic N) is 2. The maximum absolute atomic E-state index is 9.44. The Balaban J connectivity index is 2.72. The molecule has 0 aromatic rings. The Kier molecular flexibility index (Phi) is 5.07. The minimum atomic E-state index is -0.208. The summed E-state index contributed by atoms with van der Waals surface area (Å²) in [5, 5.41) is 12.8. The third kappa shape index (κ3) is 2.93. The van der Waals surface area contributed by atoms with Crippen LogP contribution in [0.1, 0.15) is 39.5 Å². The standard InChI is InChI=1S/C12H23N3/c1-3-6-12(4-2,11-13)15-9-5-7-14-8-10-15/h14H,3-10H2,1-2H3. The summed E-state index contributed by atoms with van der Waals surface area (Å²) in [4.78, 5) is 2.39. The Bertz CT molecular complexity index is 213. The number of nitriles is 1. The topological polar surface area (TPSA) is 39.1 Å². The summed E-state index contributed by atoms with van der Waals surface area (Å²) in [6.07, 6.45) is 4.19. The van der Waals surface area contributed by atoms with E-state index in [1.165, 1.54) is 0 Å². The summed E-state index contributed by atoms with van der Waals surface area (Å²) >= 11 is 0. The van der Waals surface area contributed by atoms with Gasteiger partial charge in [-0.2, -0.15) is 5.26 Å². The van der Waals surface area contributed by atoms with E-state index in [2.05, 4.69) is 30.1 Å². The molecule has 0 aliphatic carbocycles. The van der Waals surface area contributed by atoms with E-state index in [-0.39, 0.29) is 5.54 Å². The Morgan fingerprint density at radius 2 is 2.13 bits per heavy atom. The summed E-state index contributed by atoms with van der Waals surface area (Å²) < 4.78 is 0. The fraction of sp³-hybridized carbons (Fsp3) is 0.917. The van der Waals surface area contributed by atoms with E-state index in [0.29, 0.717) is 0 Å². The molecule has 86 valence electrons. The lowest BCUT2D eigenvalue weighted by atomic mass is 9.90. The summed E-state index contributed by atoms with van der Waals surface area (Å²) in [6.45, 7) is 8.49. The predicted molar refractivity (Wildman–Crippen MR) is 62.6 cm³/mol. The molecule has 1 saturated heterocycles. The second-order valence-corrected chi connectivity index (χ2v) is 4.34. The van der Waals surface area contributed by atoms with E-state index in [9.17, 15) is 5.26 Å². The molecule has 1 unspecified atom stereocenters. The van der Waals surface area contributed by atoms with Crippen LogP contribution < -0.4 is 5.32 Å². The van der Waals surface area contributed by atoms with Crippen molar-refractivity contribution < 1.29 is 0 Å². The first kappa shape index (κ1) is 12.5. The fourth-order valence-corrected chi connectivity index (χ4v) is 2.45. The maximum Gasteiger partial charge on any atom is 0.109 e. The first-order valence-corrected chi connectivity index (χ1v) is 6.16. The van der Waals surface area contributed by atoms with Crippen LogP contribution in [0.5, 0.6) is 0 Å². The van der Waals surface area contributed by atoms with Crippen molar-refractivity contribution in [2.45, 2.75) is 45.1 Å². The zero-order valence-electron chi connectivity index (χ0n) is 10.1. The van der Waals surface area contributed by atoms with Crippen molar-refractivity contribution in [3.63, 3.8) is 0 Å². The second kappa shape index (κ2) is 6.09. The zero-order valence-corrected chi connectivity index (χ0v) is 10.1. The Morgan fingerprint density at radius 3 is 2.73 bits per heavy atom. The highest BCUT2D eigenvalue weighted by molar-refractivity contribution is 5.07. The average Bonchev–Trinajstić information content (AvgIpc) is 2.55. The molecule has 1 rings (SSSR count). The van der Waals surface area contributed by atoms with E-state index in [1.54, 1.807) is 0 Å². The molecule has 3 nitrogen and oxygen atoms in total. The van der Waals surface area contributed by atoms with Crippen LogP contribution in [0.2, 0.25) is 0 Å². The van der Waals surface area contributed by atoms with Crippen LogP contribution in [0.25, 0.3) is 0 Å². The van der Waals surface area contributed by atoms with Gasteiger partial charge < -0.3 is 5.32 Å². The second-order valence-electron chi connectivity index (χ2n) is 4.34. The van der Waals surface area contributed by atoms with Crippen molar-refractivity contribution >= 4 is 0 Å². The molecular formula is C12H23N3. The molecule has 0 amide bonds. The van der Waals surface area contributed by atoms with Crippen LogP contribution in [0.15, 0.2) is 0 Å². The highest BCUT2D eigenvalue weighted by Crippen LogP contribution is 2.25. The van der Waals surface area contributed by atoms with Gasteiger partial charge in [-0.05, 0) is 25.8 Å². The first-order valence-electron chi connectivity index (χ1n) is 6.16. The maximum atomic E-state index is 9.44. The van der Waals surface area contributed by atoms with E-state index < -0.39 is 0 Å². The van der Waals surface area contributed by atoms with Crippen molar-refractivity contribution in [3.8, 4) is 6.07 Å². The molecule has 1 atom stereocenters. The number of hydrogen-bond donors (Lipinski definition) is 1. The average molecular weight is 209 g/mol. The number of hydrogen-bond acceptors (Lipinski definition) is 3. The Morgan fingerprint density at radius 1 is 1.33 bits per heavy atom. The van der Waals surface area contributed by atoms with Gasteiger partial charge in [0.1, 0.15) is 5.54 Å². The largest absolute Gasteiger partial charge is 0.315 e. The third-order valence-electron chi connectivity index (χ3n) is 3.40. The highest BCUT2D eigenvalue weighted by atomic mass is 15.2. The van der Waals surface area contributed by atoms with Gasteiger partial charge in [-0.15, -0.1) is 0 Å². The van der Waals surface area contributed by atoms with Crippen molar-refractivity contribution in [3.05, 3.63) is 0 Å². The molecule has 0 radical (unpaired) electrons. The van der Waals surface area contributed by atoms with E-state index >= 15 is 0 Å². The number of nitrogens with one attached hydrogen (secondary N) is 1. The lowest BCUT2D eigenvalue weighted by molar-refractivity contribution is 0.131. The summed E-state index contributed by atoms with van der Waals surface area (Å²) in [5.74, 6) is 0. The molecule has 3 heteroatoms. The molecular weight excluding hydrogens is 186 g/mol. The van der Waals surface area contributed by atoms with Crippen LogP contribution in [-0.4, -0.2) is 36.6 Å². The lowest BCUT2D eigenvalue weighted by Gasteiger charge is -2.37. The molecule has 1 heterocycles. The van der Waals surface area contributed by atoms with Gasteiger partial charge in [-0.25, -0.2) is 0 Å². The summed E-state index contributed by atoms with van der Waals surface area (Å²) in [6, 6.07) is 2.56. The molecule has 15 heavy (non-hydrogen) atoms. The van der Waals surface area contributed by atoms with Crippen molar-refractivity contribution in [2.24, 2.45) is 0 Å². The van der Waals surface area contributed by atoms with E-state index in [1.807, 2.05) is 0 Å². The predicted octanol–water partition coefficient (Wildman–Crippen LogP) is 1.75. The monoisotopic (exact) mass is 209 g/mol. The van der Waals surface area contributed by atoms with Gasteiger partial charge >= 0.3 is 0 Å². The van der Waals surface area contributed by atoms with Gasteiger partial charge in [0.15, 0.2) is 0 Å². The van der Waals surface area contributed by atoms with Crippen molar-refractivity contribution in [1.82, 2.24) is 10.2 Å². The molecule has 0 aromatic heterocycles. The van der Waals surface area contributed by atoms with Gasteiger partial charge in [0.2, 0.25) is 0 Å². The first-order chi connectivity index (χ1) is 7.29. The molecule has 0 spiro atoms. The Hall–Kier alpha value is -0.590. The molecule has 0 aromatic carbocycles. The van der Waals surface area contributed by atoms with E-state index in [0.717, 1.165) is 51.9 Å². The molecule has 1 aliphatic heterocycles. The smallest absolute Gasteiger partial charge is 0.109 e. The normalized spacial score (nSPS) is 22.7.